The van der Waals surface area contributed by atoms with Gasteiger partial charge in [-0.3, -0.25) is 16.0 Å². The number of aromatic nitrogens is 4. The largest absolute Gasteiger partial charge is 0.271 e. The van der Waals surface area contributed by atoms with Gasteiger partial charge in [0.05, 0.1) is 28.6 Å². The van der Waals surface area contributed by atoms with E-state index in [1.807, 2.05) is 24.6 Å². The molecule has 0 bridgehead atoms. The molecule has 6 nitrogen and oxygen atoms in total. The first kappa shape index (κ1) is 14.9. The van der Waals surface area contributed by atoms with Crippen molar-refractivity contribution in [2.24, 2.45) is 5.84 Å². The Morgan fingerprint density at radius 1 is 1.40 bits per heavy atom. The van der Waals surface area contributed by atoms with Crippen LogP contribution in [0.4, 0.5) is 0 Å². The lowest BCUT2D eigenvalue weighted by Crippen LogP contribution is -2.30. The number of hydrogen-bond acceptors (Lipinski definition) is 5. The van der Waals surface area contributed by atoms with Gasteiger partial charge in [0, 0.05) is 19.2 Å². The summed E-state index contributed by atoms with van der Waals surface area (Å²) in [5.74, 6) is 5.66. The summed E-state index contributed by atoms with van der Waals surface area (Å²) in [6.45, 7) is 4.87. The standard InChI is InChI=1S/C13H19ClN6/c1-3-10-13(14)12(20(4-2)19-10)7-11(18-15)9-5-6-16-17-8-9/h5-6,8,11,18H,3-4,7,15H2,1-2H3. The van der Waals surface area contributed by atoms with Crippen LogP contribution in [0.2, 0.25) is 5.02 Å². The molecule has 2 aromatic heterocycles. The van der Waals surface area contributed by atoms with Crippen molar-refractivity contribution < 1.29 is 0 Å². The van der Waals surface area contributed by atoms with Gasteiger partial charge in [-0.25, -0.2) is 0 Å². The second-order valence-corrected chi connectivity index (χ2v) is 4.85. The number of nitrogens with two attached hydrogens (primary N) is 1. The predicted molar refractivity (Wildman–Crippen MR) is 78.1 cm³/mol. The molecule has 0 spiro atoms. The molecule has 0 fully saturated rings. The molecule has 0 aliphatic rings. The average molecular weight is 295 g/mol. The highest BCUT2D eigenvalue weighted by molar-refractivity contribution is 6.31. The lowest BCUT2D eigenvalue weighted by molar-refractivity contribution is 0.514. The lowest BCUT2D eigenvalue weighted by atomic mass is 10.0. The van der Waals surface area contributed by atoms with Gasteiger partial charge in [-0.2, -0.15) is 15.3 Å². The molecule has 1 atom stereocenters. The molecule has 0 saturated heterocycles. The minimum absolute atomic E-state index is 0.0743. The Morgan fingerprint density at radius 2 is 2.20 bits per heavy atom. The van der Waals surface area contributed by atoms with E-state index in [4.69, 9.17) is 17.4 Å². The molecule has 0 aliphatic heterocycles. The zero-order valence-electron chi connectivity index (χ0n) is 11.7. The summed E-state index contributed by atoms with van der Waals surface area (Å²) >= 11 is 6.42. The van der Waals surface area contributed by atoms with E-state index in [2.05, 4.69) is 20.7 Å². The fourth-order valence-corrected chi connectivity index (χ4v) is 2.53. The third kappa shape index (κ3) is 2.98. The van der Waals surface area contributed by atoms with Gasteiger partial charge >= 0.3 is 0 Å². The van der Waals surface area contributed by atoms with Gasteiger partial charge in [0.25, 0.3) is 0 Å². The number of hydrazine groups is 1. The van der Waals surface area contributed by atoms with Crippen LogP contribution in [0.15, 0.2) is 18.5 Å². The van der Waals surface area contributed by atoms with Gasteiger partial charge < -0.3 is 0 Å². The summed E-state index contributed by atoms with van der Waals surface area (Å²) < 4.78 is 1.93. The van der Waals surface area contributed by atoms with Crippen molar-refractivity contribution in [1.82, 2.24) is 25.4 Å². The fraction of sp³-hybridized carbons (Fsp3) is 0.462. The number of rotatable bonds is 6. The van der Waals surface area contributed by atoms with Gasteiger partial charge in [0.2, 0.25) is 0 Å². The minimum Gasteiger partial charge on any atom is -0.271 e. The molecule has 20 heavy (non-hydrogen) atoms. The predicted octanol–water partition coefficient (Wildman–Crippen LogP) is 1.66. The Morgan fingerprint density at radius 3 is 2.75 bits per heavy atom. The second kappa shape index (κ2) is 6.78. The Bertz CT molecular complexity index is 553. The van der Waals surface area contributed by atoms with Crippen molar-refractivity contribution >= 4 is 11.6 Å². The van der Waals surface area contributed by atoms with Crippen LogP contribution in [0.5, 0.6) is 0 Å². The highest BCUT2D eigenvalue weighted by Gasteiger charge is 2.19. The normalized spacial score (nSPS) is 12.6. The fourth-order valence-electron chi connectivity index (χ4n) is 2.19. The third-order valence-electron chi connectivity index (χ3n) is 3.30. The quantitative estimate of drug-likeness (QED) is 0.625. The Balaban J connectivity index is 2.30. The molecule has 0 amide bonds. The Kier molecular flexibility index (Phi) is 5.05. The van der Waals surface area contributed by atoms with Gasteiger partial charge in [-0.1, -0.05) is 18.5 Å². The molecule has 108 valence electrons. The van der Waals surface area contributed by atoms with E-state index in [1.165, 1.54) is 0 Å². The molecule has 3 N–H and O–H groups in total. The Hall–Kier alpha value is -1.50. The molecule has 2 heterocycles. The zero-order valence-corrected chi connectivity index (χ0v) is 12.4. The van der Waals surface area contributed by atoms with Crippen molar-refractivity contribution in [3.05, 3.63) is 40.4 Å². The van der Waals surface area contributed by atoms with E-state index >= 15 is 0 Å². The van der Waals surface area contributed by atoms with Gasteiger partial charge in [-0.05, 0) is 25.0 Å². The van der Waals surface area contributed by atoms with E-state index in [0.29, 0.717) is 6.42 Å². The van der Waals surface area contributed by atoms with Crippen LogP contribution in [0.1, 0.15) is 36.8 Å². The SMILES string of the molecule is CCc1nn(CC)c(CC(NN)c2ccnnc2)c1Cl. The van der Waals surface area contributed by atoms with Crippen LogP contribution in [-0.2, 0) is 19.4 Å². The number of nitrogens with one attached hydrogen (secondary N) is 1. The first-order valence-electron chi connectivity index (χ1n) is 6.68. The van der Waals surface area contributed by atoms with Crippen LogP contribution in [0.25, 0.3) is 0 Å². The summed E-state index contributed by atoms with van der Waals surface area (Å²) in [6.07, 6.45) is 4.82. The molecule has 0 radical (unpaired) electrons. The molecule has 2 rings (SSSR count). The van der Waals surface area contributed by atoms with Crippen LogP contribution in [0.3, 0.4) is 0 Å². The number of halogens is 1. The Labute approximate surface area is 123 Å². The van der Waals surface area contributed by atoms with E-state index in [9.17, 15) is 0 Å². The van der Waals surface area contributed by atoms with Crippen molar-refractivity contribution in [2.45, 2.75) is 39.3 Å². The summed E-state index contributed by atoms with van der Waals surface area (Å²) in [7, 11) is 0. The van der Waals surface area contributed by atoms with Crippen LogP contribution >= 0.6 is 11.6 Å². The number of aryl methyl sites for hydroxylation is 2. The molecule has 0 aliphatic carbocycles. The average Bonchev–Trinajstić information content (AvgIpc) is 2.81. The van der Waals surface area contributed by atoms with Crippen LogP contribution in [0, 0.1) is 0 Å². The van der Waals surface area contributed by atoms with Crippen molar-refractivity contribution in [3.63, 3.8) is 0 Å². The van der Waals surface area contributed by atoms with E-state index < -0.39 is 0 Å². The summed E-state index contributed by atoms with van der Waals surface area (Å²) in [6, 6.07) is 1.81. The molecule has 0 aromatic carbocycles. The van der Waals surface area contributed by atoms with E-state index in [-0.39, 0.29) is 6.04 Å². The topological polar surface area (TPSA) is 81.7 Å². The molecular formula is C13H19ClN6. The molecule has 1 unspecified atom stereocenters. The monoisotopic (exact) mass is 294 g/mol. The maximum atomic E-state index is 6.42. The molecule has 7 heteroatoms. The molecule has 2 aromatic rings. The third-order valence-corrected chi connectivity index (χ3v) is 3.74. The van der Waals surface area contributed by atoms with Crippen LogP contribution < -0.4 is 11.3 Å². The van der Waals surface area contributed by atoms with Crippen molar-refractivity contribution in [2.75, 3.05) is 0 Å². The first-order chi connectivity index (χ1) is 9.71. The van der Waals surface area contributed by atoms with E-state index in [1.54, 1.807) is 12.4 Å². The maximum absolute atomic E-state index is 6.42. The summed E-state index contributed by atoms with van der Waals surface area (Å²) in [4.78, 5) is 0. The van der Waals surface area contributed by atoms with Crippen LogP contribution in [-0.4, -0.2) is 20.0 Å². The lowest BCUT2D eigenvalue weighted by Gasteiger charge is -2.16. The summed E-state index contributed by atoms with van der Waals surface area (Å²) in [5, 5.41) is 12.9. The first-order valence-corrected chi connectivity index (χ1v) is 7.05. The molecule has 0 saturated carbocycles. The smallest absolute Gasteiger partial charge is 0.0850 e. The number of nitrogens with zero attached hydrogens (tertiary/aromatic N) is 4. The summed E-state index contributed by atoms with van der Waals surface area (Å²) in [5.41, 5.74) is 5.69. The van der Waals surface area contributed by atoms with Gasteiger partial charge in [0.1, 0.15) is 0 Å². The minimum atomic E-state index is -0.0743. The highest BCUT2D eigenvalue weighted by atomic mass is 35.5. The van der Waals surface area contributed by atoms with E-state index in [0.717, 1.165) is 34.9 Å². The highest BCUT2D eigenvalue weighted by Crippen LogP contribution is 2.26. The molecular weight excluding hydrogens is 276 g/mol. The van der Waals surface area contributed by atoms with Gasteiger partial charge in [0.15, 0.2) is 0 Å². The van der Waals surface area contributed by atoms with Gasteiger partial charge in [-0.15, -0.1) is 0 Å². The second-order valence-electron chi connectivity index (χ2n) is 4.48. The maximum Gasteiger partial charge on any atom is 0.0850 e. The van der Waals surface area contributed by atoms with Crippen molar-refractivity contribution in [3.8, 4) is 0 Å². The zero-order chi connectivity index (χ0) is 14.5. The van der Waals surface area contributed by atoms with Crippen molar-refractivity contribution in [1.29, 1.82) is 0 Å². The number of hydrogen-bond donors (Lipinski definition) is 2.